The molecule has 0 bridgehead atoms. The molecule has 6 heteroatoms. The van der Waals surface area contributed by atoms with Gasteiger partial charge in [-0.1, -0.05) is 19.9 Å². The third kappa shape index (κ3) is 3.34. The summed E-state index contributed by atoms with van der Waals surface area (Å²) in [7, 11) is -3.51. The Morgan fingerprint density at radius 1 is 1.29 bits per heavy atom. The summed E-state index contributed by atoms with van der Waals surface area (Å²) < 4.78 is 27.7. The minimum atomic E-state index is -3.51. The molecule has 1 rings (SSSR count). The van der Waals surface area contributed by atoms with Gasteiger partial charge in [0, 0.05) is 13.1 Å². The molecule has 0 heterocycles. The van der Waals surface area contributed by atoms with E-state index in [2.05, 4.69) is 4.72 Å². The Bertz CT molecular complexity index is 481. The maximum Gasteiger partial charge on any atom is 0.301 e. The molecule has 3 N–H and O–H groups in total. The molecule has 0 aliphatic heterocycles. The van der Waals surface area contributed by atoms with E-state index in [0.717, 1.165) is 5.56 Å². The monoisotopic (exact) mass is 257 g/mol. The quantitative estimate of drug-likeness (QED) is 0.786. The van der Waals surface area contributed by atoms with Crippen molar-refractivity contribution in [2.45, 2.75) is 20.8 Å². The van der Waals surface area contributed by atoms with Gasteiger partial charge in [-0.2, -0.15) is 12.7 Å². The molecular formula is C11H19N3O2S. The summed E-state index contributed by atoms with van der Waals surface area (Å²) in [6, 6.07) is 5.22. The SMILES string of the molecule is CCN(CC)S(=O)(=O)Nc1ccc(C)cc1N. The lowest BCUT2D eigenvalue weighted by atomic mass is 10.2. The molecule has 0 aliphatic carbocycles. The number of hydrogen-bond acceptors (Lipinski definition) is 3. The first-order chi connectivity index (χ1) is 7.90. The van der Waals surface area contributed by atoms with Gasteiger partial charge in [-0.05, 0) is 24.6 Å². The zero-order valence-corrected chi connectivity index (χ0v) is 11.2. The van der Waals surface area contributed by atoms with Crippen LogP contribution in [0.2, 0.25) is 0 Å². The first kappa shape index (κ1) is 13.8. The Morgan fingerprint density at radius 2 is 1.88 bits per heavy atom. The van der Waals surface area contributed by atoms with Crippen molar-refractivity contribution in [3.63, 3.8) is 0 Å². The molecule has 0 radical (unpaired) electrons. The van der Waals surface area contributed by atoms with Gasteiger partial charge in [0.25, 0.3) is 0 Å². The average molecular weight is 257 g/mol. The Morgan fingerprint density at radius 3 is 2.35 bits per heavy atom. The standard InChI is InChI=1S/C11H19N3O2S/c1-4-14(5-2)17(15,16)13-11-7-6-9(3)8-10(11)12/h6-8,13H,4-5,12H2,1-3H3. The highest BCUT2D eigenvalue weighted by atomic mass is 32.2. The van der Waals surface area contributed by atoms with Crippen LogP contribution in [-0.2, 0) is 10.2 Å². The number of aryl methyl sites for hydroxylation is 1. The largest absolute Gasteiger partial charge is 0.397 e. The number of benzene rings is 1. The normalized spacial score (nSPS) is 11.8. The van der Waals surface area contributed by atoms with Gasteiger partial charge in [-0.3, -0.25) is 4.72 Å². The molecule has 0 aromatic heterocycles. The van der Waals surface area contributed by atoms with Crippen LogP contribution in [0.3, 0.4) is 0 Å². The molecule has 96 valence electrons. The smallest absolute Gasteiger partial charge is 0.301 e. The predicted molar refractivity (Wildman–Crippen MR) is 71.1 cm³/mol. The lowest BCUT2D eigenvalue weighted by Crippen LogP contribution is -2.35. The summed E-state index contributed by atoms with van der Waals surface area (Å²) >= 11 is 0. The molecule has 0 unspecified atom stereocenters. The molecule has 17 heavy (non-hydrogen) atoms. The lowest BCUT2D eigenvalue weighted by molar-refractivity contribution is 0.449. The summed E-state index contributed by atoms with van der Waals surface area (Å²) in [5.74, 6) is 0. The predicted octanol–water partition coefficient (Wildman–Crippen LogP) is 1.58. The van der Waals surface area contributed by atoms with E-state index in [1.54, 1.807) is 26.0 Å². The summed E-state index contributed by atoms with van der Waals surface area (Å²) in [5, 5.41) is 0. The first-order valence-electron chi connectivity index (χ1n) is 5.54. The van der Waals surface area contributed by atoms with Crippen LogP contribution in [0.1, 0.15) is 19.4 Å². The van der Waals surface area contributed by atoms with Gasteiger partial charge >= 0.3 is 10.2 Å². The number of hydrogen-bond donors (Lipinski definition) is 2. The molecule has 5 nitrogen and oxygen atoms in total. The van der Waals surface area contributed by atoms with Crippen LogP contribution in [0.25, 0.3) is 0 Å². The highest BCUT2D eigenvalue weighted by molar-refractivity contribution is 7.90. The van der Waals surface area contributed by atoms with Gasteiger partial charge in [0.1, 0.15) is 0 Å². The average Bonchev–Trinajstić information content (AvgIpc) is 2.23. The van der Waals surface area contributed by atoms with E-state index in [1.807, 2.05) is 13.0 Å². The van der Waals surface area contributed by atoms with Crippen molar-refractivity contribution in [2.24, 2.45) is 0 Å². The summed E-state index contributed by atoms with van der Waals surface area (Å²) in [5.41, 5.74) is 7.61. The fourth-order valence-corrected chi connectivity index (χ4v) is 2.81. The van der Waals surface area contributed by atoms with Gasteiger partial charge in [-0.25, -0.2) is 0 Å². The number of nitrogens with zero attached hydrogens (tertiary/aromatic N) is 1. The van der Waals surface area contributed by atoms with Gasteiger partial charge in [0.05, 0.1) is 11.4 Å². The van der Waals surface area contributed by atoms with Gasteiger partial charge in [-0.15, -0.1) is 0 Å². The topological polar surface area (TPSA) is 75.4 Å². The third-order valence-corrected chi connectivity index (χ3v) is 4.17. The molecule has 0 spiro atoms. The van der Waals surface area contributed by atoms with Gasteiger partial charge in [0.15, 0.2) is 0 Å². The molecule has 0 atom stereocenters. The van der Waals surface area contributed by atoms with Crippen LogP contribution in [0, 0.1) is 6.92 Å². The van der Waals surface area contributed by atoms with Crippen LogP contribution in [0.15, 0.2) is 18.2 Å². The Labute approximate surface area is 103 Å². The Balaban J connectivity index is 2.98. The Hall–Kier alpha value is -1.27. The van der Waals surface area contributed by atoms with Crippen molar-refractivity contribution in [2.75, 3.05) is 23.5 Å². The van der Waals surface area contributed by atoms with E-state index in [-0.39, 0.29) is 0 Å². The van der Waals surface area contributed by atoms with Crippen LogP contribution < -0.4 is 10.5 Å². The number of anilines is 2. The van der Waals surface area contributed by atoms with Crippen molar-refractivity contribution in [1.82, 2.24) is 4.31 Å². The Kier molecular flexibility index (Phi) is 4.36. The summed E-state index contributed by atoms with van der Waals surface area (Å²) in [6.07, 6.45) is 0. The van der Waals surface area contributed by atoms with Crippen LogP contribution in [0.4, 0.5) is 11.4 Å². The van der Waals surface area contributed by atoms with Crippen molar-refractivity contribution < 1.29 is 8.42 Å². The van der Waals surface area contributed by atoms with Crippen molar-refractivity contribution >= 4 is 21.6 Å². The van der Waals surface area contributed by atoms with Crippen molar-refractivity contribution in [1.29, 1.82) is 0 Å². The minimum absolute atomic E-state index is 0.419. The fourth-order valence-electron chi connectivity index (χ4n) is 1.54. The number of nitrogens with two attached hydrogens (primary N) is 1. The molecule has 0 saturated carbocycles. The number of rotatable bonds is 5. The summed E-state index contributed by atoms with van der Waals surface area (Å²) in [4.78, 5) is 0. The second kappa shape index (κ2) is 5.37. The zero-order valence-electron chi connectivity index (χ0n) is 10.4. The molecule has 1 aromatic carbocycles. The second-order valence-corrected chi connectivity index (χ2v) is 5.45. The van der Waals surface area contributed by atoms with Gasteiger partial charge in [0.2, 0.25) is 0 Å². The van der Waals surface area contributed by atoms with E-state index in [1.165, 1.54) is 4.31 Å². The van der Waals surface area contributed by atoms with Crippen LogP contribution in [0.5, 0.6) is 0 Å². The molecule has 0 saturated heterocycles. The zero-order chi connectivity index (χ0) is 13.1. The van der Waals surface area contributed by atoms with Crippen LogP contribution in [-0.4, -0.2) is 25.8 Å². The van der Waals surface area contributed by atoms with E-state index < -0.39 is 10.2 Å². The summed E-state index contributed by atoms with van der Waals surface area (Å²) in [6.45, 7) is 6.34. The molecule has 0 aliphatic rings. The fraction of sp³-hybridized carbons (Fsp3) is 0.455. The molecule has 0 amide bonds. The molecule has 0 fully saturated rings. The maximum atomic E-state index is 12.0. The first-order valence-corrected chi connectivity index (χ1v) is 6.98. The van der Waals surface area contributed by atoms with E-state index >= 15 is 0 Å². The highest BCUT2D eigenvalue weighted by Crippen LogP contribution is 2.21. The van der Waals surface area contributed by atoms with E-state index in [9.17, 15) is 8.42 Å². The van der Waals surface area contributed by atoms with E-state index in [4.69, 9.17) is 5.73 Å². The third-order valence-electron chi connectivity index (χ3n) is 2.49. The molecule has 1 aromatic rings. The van der Waals surface area contributed by atoms with Gasteiger partial charge < -0.3 is 5.73 Å². The van der Waals surface area contributed by atoms with Crippen molar-refractivity contribution in [3.8, 4) is 0 Å². The number of nitrogens with one attached hydrogen (secondary N) is 1. The highest BCUT2D eigenvalue weighted by Gasteiger charge is 2.19. The minimum Gasteiger partial charge on any atom is -0.397 e. The van der Waals surface area contributed by atoms with E-state index in [0.29, 0.717) is 24.5 Å². The second-order valence-electron chi connectivity index (χ2n) is 3.78. The lowest BCUT2D eigenvalue weighted by Gasteiger charge is -2.20. The van der Waals surface area contributed by atoms with Crippen molar-refractivity contribution in [3.05, 3.63) is 23.8 Å². The van der Waals surface area contributed by atoms with Crippen LogP contribution >= 0.6 is 0 Å². The number of nitrogen functional groups attached to an aromatic ring is 1. The maximum absolute atomic E-state index is 12.0. The molecular weight excluding hydrogens is 238 g/mol.